The zero-order valence-electron chi connectivity index (χ0n) is 17.2. The summed E-state index contributed by atoms with van der Waals surface area (Å²) in [6.07, 6.45) is -0.660. The highest BCUT2D eigenvalue weighted by Gasteiger charge is 2.20. The molecule has 158 valence electrons. The van der Waals surface area contributed by atoms with E-state index in [1.54, 1.807) is 12.1 Å². The summed E-state index contributed by atoms with van der Waals surface area (Å²) in [6.45, 7) is 8.73. The Hall–Kier alpha value is -2.10. The maximum atomic E-state index is 10.2. The SMILES string of the molecule is CC(C)N=Nc1ccc(OCC(C)(C)NCC(O)COc2ccccc2Br)nn1. The van der Waals surface area contributed by atoms with Crippen LogP contribution in [0.2, 0.25) is 0 Å². The highest BCUT2D eigenvalue weighted by molar-refractivity contribution is 9.10. The van der Waals surface area contributed by atoms with Crippen LogP contribution in [-0.2, 0) is 0 Å². The highest BCUT2D eigenvalue weighted by atomic mass is 79.9. The first kappa shape index (κ1) is 23.2. The summed E-state index contributed by atoms with van der Waals surface area (Å²) in [5, 5.41) is 29.4. The molecule has 1 aromatic carbocycles. The van der Waals surface area contributed by atoms with E-state index < -0.39 is 6.10 Å². The Morgan fingerprint density at radius 2 is 1.90 bits per heavy atom. The molecule has 1 heterocycles. The average Bonchev–Trinajstić information content (AvgIpc) is 2.69. The third-order valence-corrected chi connectivity index (χ3v) is 4.34. The number of benzene rings is 1. The Balaban J connectivity index is 1.74. The maximum Gasteiger partial charge on any atom is 0.233 e. The number of para-hydroxylation sites is 1. The van der Waals surface area contributed by atoms with Crippen LogP contribution in [0, 0.1) is 0 Å². The molecule has 29 heavy (non-hydrogen) atoms. The molecule has 0 fully saturated rings. The number of hydrogen-bond donors (Lipinski definition) is 2. The minimum absolute atomic E-state index is 0.106. The molecule has 0 saturated heterocycles. The summed E-state index contributed by atoms with van der Waals surface area (Å²) in [7, 11) is 0. The number of β-amino-alcohol motifs (C(OH)–C–C–N with tert-alkyl or cyclic N) is 1. The van der Waals surface area contributed by atoms with E-state index in [-0.39, 0.29) is 18.2 Å². The van der Waals surface area contributed by atoms with E-state index in [9.17, 15) is 5.11 Å². The van der Waals surface area contributed by atoms with Crippen LogP contribution in [0.5, 0.6) is 11.6 Å². The van der Waals surface area contributed by atoms with Gasteiger partial charge in [-0.15, -0.1) is 15.3 Å². The fourth-order valence-corrected chi connectivity index (χ4v) is 2.52. The highest BCUT2D eigenvalue weighted by Crippen LogP contribution is 2.23. The summed E-state index contributed by atoms with van der Waals surface area (Å²) < 4.78 is 12.2. The molecule has 0 aliphatic heterocycles. The lowest BCUT2D eigenvalue weighted by atomic mass is 10.1. The standard InChI is InChI=1S/C20H28BrN5O3/c1-14(2)23-24-18-9-10-19(26-25-18)29-13-20(3,4)22-11-15(27)12-28-17-8-6-5-7-16(17)21/h5-10,14-15,22,27H,11-13H2,1-4H3. The van der Waals surface area contributed by atoms with Crippen molar-refractivity contribution < 1.29 is 14.6 Å². The Labute approximate surface area is 179 Å². The van der Waals surface area contributed by atoms with Gasteiger partial charge in [0, 0.05) is 18.2 Å². The summed E-state index contributed by atoms with van der Waals surface area (Å²) in [4.78, 5) is 0. The zero-order chi connectivity index (χ0) is 21.3. The number of rotatable bonds is 11. The van der Waals surface area contributed by atoms with Crippen molar-refractivity contribution in [2.45, 2.75) is 45.4 Å². The number of aromatic nitrogens is 2. The predicted octanol–water partition coefficient (Wildman–Crippen LogP) is 3.92. The number of azo groups is 1. The van der Waals surface area contributed by atoms with Gasteiger partial charge < -0.3 is 19.9 Å². The van der Waals surface area contributed by atoms with Gasteiger partial charge in [0.1, 0.15) is 25.1 Å². The van der Waals surface area contributed by atoms with Crippen LogP contribution < -0.4 is 14.8 Å². The van der Waals surface area contributed by atoms with Gasteiger partial charge in [-0.2, -0.15) is 5.11 Å². The lowest BCUT2D eigenvalue weighted by Crippen LogP contribution is -2.48. The van der Waals surface area contributed by atoms with Crippen molar-refractivity contribution in [2.75, 3.05) is 19.8 Å². The third-order valence-electron chi connectivity index (χ3n) is 3.68. The van der Waals surface area contributed by atoms with E-state index in [2.05, 4.69) is 41.7 Å². The molecule has 2 aromatic rings. The quantitative estimate of drug-likeness (QED) is 0.487. The molecule has 0 saturated carbocycles. The maximum absolute atomic E-state index is 10.2. The van der Waals surface area contributed by atoms with Gasteiger partial charge >= 0.3 is 0 Å². The van der Waals surface area contributed by atoms with Crippen LogP contribution in [0.15, 0.2) is 51.1 Å². The Bertz CT molecular complexity index is 784. The number of aliphatic hydroxyl groups is 1. The van der Waals surface area contributed by atoms with Gasteiger partial charge in [0.2, 0.25) is 5.88 Å². The normalized spacial score (nSPS) is 13.1. The summed E-state index contributed by atoms with van der Waals surface area (Å²) in [5.41, 5.74) is -0.383. The first-order chi connectivity index (χ1) is 13.7. The fourth-order valence-electron chi connectivity index (χ4n) is 2.12. The van der Waals surface area contributed by atoms with E-state index in [1.165, 1.54) is 0 Å². The molecule has 1 aromatic heterocycles. The van der Waals surface area contributed by atoms with Crippen molar-refractivity contribution in [1.29, 1.82) is 0 Å². The molecule has 0 bridgehead atoms. The topological polar surface area (TPSA) is 101 Å². The second-order valence-electron chi connectivity index (χ2n) is 7.49. The number of hydrogen-bond acceptors (Lipinski definition) is 8. The zero-order valence-corrected chi connectivity index (χ0v) is 18.8. The summed E-state index contributed by atoms with van der Waals surface area (Å²) >= 11 is 3.42. The molecule has 0 amide bonds. The number of nitrogens with one attached hydrogen (secondary N) is 1. The van der Waals surface area contributed by atoms with Gasteiger partial charge in [-0.1, -0.05) is 12.1 Å². The number of aliphatic hydroxyl groups excluding tert-OH is 1. The second-order valence-corrected chi connectivity index (χ2v) is 8.34. The lowest BCUT2D eigenvalue weighted by molar-refractivity contribution is 0.0919. The van der Waals surface area contributed by atoms with Gasteiger partial charge in [-0.3, -0.25) is 0 Å². The number of halogens is 1. The van der Waals surface area contributed by atoms with Gasteiger partial charge in [0.15, 0.2) is 5.82 Å². The minimum Gasteiger partial charge on any atom is -0.490 e. The lowest BCUT2D eigenvalue weighted by Gasteiger charge is -2.27. The summed E-state index contributed by atoms with van der Waals surface area (Å²) in [6, 6.07) is 11.0. The fraction of sp³-hybridized carbons (Fsp3) is 0.500. The molecular weight excluding hydrogens is 438 g/mol. The van der Waals surface area contributed by atoms with Gasteiger partial charge in [-0.25, -0.2) is 0 Å². The Kier molecular flexibility index (Phi) is 8.94. The number of ether oxygens (including phenoxy) is 2. The van der Waals surface area contributed by atoms with Crippen LogP contribution in [0.25, 0.3) is 0 Å². The second kappa shape index (κ2) is 11.2. The van der Waals surface area contributed by atoms with E-state index in [1.807, 2.05) is 52.0 Å². The molecule has 1 unspecified atom stereocenters. The van der Waals surface area contributed by atoms with E-state index >= 15 is 0 Å². The first-order valence-electron chi connectivity index (χ1n) is 9.43. The van der Waals surface area contributed by atoms with Crippen molar-refractivity contribution in [2.24, 2.45) is 10.2 Å². The molecule has 0 aliphatic carbocycles. The van der Waals surface area contributed by atoms with Gasteiger partial charge in [-0.05, 0) is 61.8 Å². The first-order valence-corrected chi connectivity index (χ1v) is 10.2. The third kappa shape index (κ3) is 8.84. The molecule has 8 nitrogen and oxygen atoms in total. The molecule has 0 spiro atoms. The average molecular weight is 466 g/mol. The van der Waals surface area contributed by atoms with Crippen molar-refractivity contribution in [3.8, 4) is 11.6 Å². The molecule has 9 heteroatoms. The molecule has 1 atom stereocenters. The van der Waals surface area contributed by atoms with Crippen molar-refractivity contribution in [1.82, 2.24) is 15.5 Å². The Morgan fingerprint density at radius 3 is 2.55 bits per heavy atom. The molecular formula is C20H28BrN5O3. The smallest absolute Gasteiger partial charge is 0.233 e. The van der Waals surface area contributed by atoms with Crippen LogP contribution in [0.4, 0.5) is 5.82 Å². The number of nitrogens with zero attached hydrogens (tertiary/aromatic N) is 4. The molecule has 2 rings (SSSR count). The van der Waals surface area contributed by atoms with Crippen LogP contribution >= 0.6 is 15.9 Å². The van der Waals surface area contributed by atoms with E-state index in [0.717, 1.165) is 4.47 Å². The van der Waals surface area contributed by atoms with Gasteiger partial charge in [0.25, 0.3) is 0 Å². The van der Waals surface area contributed by atoms with Crippen molar-refractivity contribution >= 4 is 21.7 Å². The van der Waals surface area contributed by atoms with Crippen molar-refractivity contribution in [3.63, 3.8) is 0 Å². The molecule has 0 radical (unpaired) electrons. The summed E-state index contributed by atoms with van der Waals surface area (Å²) in [5.74, 6) is 1.54. The molecule has 0 aliphatic rings. The minimum atomic E-state index is -0.660. The Morgan fingerprint density at radius 1 is 1.14 bits per heavy atom. The van der Waals surface area contributed by atoms with E-state index in [4.69, 9.17) is 9.47 Å². The largest absolute Gasteiger partial charge is 0.490 e. The van der Waals surface area contributed by atoms with Crippen molar-refractivity contribution in [3.05, 3.63) is 40.9 Å². The molecule has 2 N–H and O–H groups in total. The van der Waals surface area contributed by atoms with E-state index in [0.29, 0.717) is 30.6 Å². The van der Waals surface area contributed by atoms with Crippen LogP contribution in [-0.4, -0.2) is 52.7 Å². The van der Waals surface area contributed by atoms with Crippen LogP contribution in [0.3, 0.4) is 0 Å². The predicted molar refractivity (Wildman–Crippen MR) is 115 cm³/mol. The monoisotopic (exact) mass is 465 g/mol. The van der Waals surface area contributed by atoms with Gasteiger partial charge in [0.05, 0.1) is 10.5 Å². The van der Waals surface area contributed by atoms with Crippen LogP contribution in [0.1, 0.15) is 27.7 Å².